The van der Waals surface area contributed by atoms with E-state index in [9.17, 15) is 14.0 Å². The second-order valence-corrected chi connectivity index (χ2v) is 5.62. The lowest BCUT2D eigenvalue weighted by molar-refractivity contribution is -0.148. The molecule has 6 nitrogen and oxygen atoms in total. The first-order valence-electron chi connectivity index (χ1n) is 7.02. The first-order valence-corrected chi connectivity index (χ1v) is 7.40. The molecule has 0 fully saturated rings. The van der Waals surface area contributed by atoms with Crippen LogP contribution in [0.2, 0.25) is 5.02 Å². The van der Waals surface area contributed by atoms with Crippen molar-refractivity contribution in [3.63, 3.8) is 0 Å². The first-order chi connectivity index (χ1) is 11.1. The molecule has 8 heteroatoms. The maximum absolute atomic E-state index is 13.9. The topological polar surface area (TPSA) is 73.9 Å². The summed E-state index contributed by atoms with van der Waals surface area (Å²) in [5.74, 6) is -1.37. The Bertz CT molecular complexity index is 648. The van der Waals surface area contributed by atoms with Crippen LogP contribution in [-0.4, -0.2) is 31.4 Å². The molecule has 1 N–H and O–H groups in total. The summed E-state index contributed by atoms with van der Waals surface area (Å²) in [5.41, 5.74) is 0.0581. The Balaban J connectivity index is 2.93. The molecule has 1 atom stereocenters. The minimum atomic E-state index is -1.29. The summed E-state index contributed by atoms with van der Waals surface area (Å²) in [5, 5.41) is 2.26. The maximum atomic E-state index is 13.9. The van der Waals surface area contributed by atoms with Crippen molar-refractivity contribution in [1.29, 1.82) is 0 Å². The third-order valence-electron chi connectivity index (χ3n) is 2.71. The number of esters is 1. The van der Waals surface area contributed by atoms with Gasteiger partial charge in [-0.2, -0.15) is 0 Å². The van der Waals surface area contributed by atoms with Gasteiger partial charge in [0.15, 0.2) is 0 Å². The predicted molar refractivity (Wildman–Crippen MR) is 87.9 cm³/mol. The van der Waals surface area contributed by atoms with Gasteiger partial charge < -0.3 is 14.2 Å². The first kappa shape index (κ1) is 19.8. The lowest BCUT2D eigenvalue weighted by atomic mass is 10.2. The van der Waals surface area contributed by atoms with Gasteiger partial charge in [0.1, 0.15) is 11.6 Å². The van der Waals surface area contributed by atoms with Crippen molar-refractivity contribution in [3.8, 4) is 5.75 Å². The van der Waals surface area contributed by atoms with Gasteiger partial charge in [-0.25, -0.2) is 14.0 Å². The van der Waals surface area contributed by atoms with E-state index >= 15 is 0 Å². The molecule has 1 aromatic carbocycles. The SMILES string of the molecule is C=C(C)C(OC(=O)Nc1cc(OC(C)C)c(Cl)cc1F)C(=O)OC. The van der Waals surface area contributed by atoms with Gasteiger partial charge in [0.05, 0.1) is 23.9 Å². The maximum Gasteiger partial charge on any atom is 0.412 e. The number of rotatable bonds is 6. The number of hydrogen-bond donors (Lipinski definition) is 1. The molecule has 0 spiro atoms. The Labute approximate surface area is 144 Å². The number of carbonyl (C=O) groups is 2. The Morgan fingerprint density at radius 2 is 1.96 bits per heavy atom. The molecule has 1 unspecified atom stereocenters. The molecule has 0 aromatic heterocycles. The van der Waals surface area contributed by atoms with Crippen LogP contribution >= 0.6 is 11.6 Å². The van der Waals surface area contributed by atoms with E-state index in [1.54, 1.807) is 13.8 Å². The minimum absolute atomic E-state index is 0.0643. The van der Waals surface area contributed by atoms with Gasteiger partial charge in [0, 0.05) is 6.07 Å². The van der Waals surface area contributed by atoms with E-state index in [2.05, 4.69) is 16.6 Å². The Morgan fingerprint density at radius 1 is 1.33 bits per heavy atom. The van der Waals surface area contributed by atoms with Crippen molar-refractivity contribution < 1.29 is 28.2 Å². The van der Waals surface area contributed by atoms with Gasteiger partial charge in [-0.05, 0) is 32.4 Å². The average Bonchev–Trinajstić information content (AvgIpc) is 2.48. The van der Waals surface area contributed by atoms with Crippen molar-refractivity contribution in [2.24, 2.45) is 0 Å². The fraction of sp³-hybridized carbons (Fsp3) is 0.375. The molecule has 1 rings (SSSR count). The highest BCUT2D eigenvalue weighted by atomic mass is 35.5. The summed E-state index contributed by atoms with van der Waals surface area (Å²) in [7, 11) is 1.15. The quantitative estimate of drug-likeness (QED) is 0.615. The predicted octanol–water partition coefficient (Wildman–Crippen LogP) is 3.93. The van der Waals surface area contributed by atoms with Crippen molar-refractivity contribution in [3.05, 3.63) is 35.1 Å². The van der Waals surface area contributed by atoms with E-state index in [1.165, 1.54) is 13.0 Å². The summed E-state index contributed by atoms with van der Waals surface area (Å²) in [6.45, 7) is 8.58. The van der Waals surface area contributed by atoms with E-state index in [-0.39, 0.29) is 28.1 Å². The number of ether oxygens (including phenoxy) is 3. The van der Waals surface area contributed by atoms with Crippen LogP contribution in [0.3, 0.4) is 0 Å². The molecular weight excluding hydrogens is 341 g/mol. The molecule has 0 bridgehead atoms. The highest BCUT2D eigenvalue weighted by Crippen LogP contribution is 2.31. The number of nitrogens with one attached hydrogen (secondary N) is 1. The lowest BCUT2D eigenvalue weighted by Gasteiger charge is -2.17. The fourth-order valence-electron chi connectivity index (χ4n) is 1.67. The van der Waals surface area contributed by atoms with E-state index < -0.39 is 24.0 Å². The van der Waals surface area contributed by atoms with Gasteiger partial charge in [-0.1, -0.05) is 18.2 Å². The van der Waals surface area contributed by atoms with Gasteiger partial charge >= 0.3 is 12.1 Å². The molecule has 0 aliphatic rings. The van der Waals surface area contributed by atoms with Crippen LogP contribution in [-0.2, 0) is 14.3 Å². The summed E-state index contributed by atoms with van der Waals surface area (Å²) >= 11 is 5.89. The summed E-state index contributed by atoms with van der Waals surface area (Å²) < 4.78 is 28.8. The van der Waals surface area contributed by atoms with Crippen molar-refractivity contribution in [2.75, 3.05) is 12.4 Å². The fourth-order valence-corrected chi connectivity index (χ4v) is 1.87. The van der Waals surface area contributed by atoms with Gasteiger partial charge in [0.2, 0.25) is 6.10 Å². The number of amides is 1. The molecule has 132 valence electrons. The van der Waals surface area contributed by atoms with Crippen LogP contribution in [0.5, 0.6) is 5.75 Å². The zero-order chi connectivity index (χ0) is 18.4. The molecule has 0 heterocycles. The van der Waals surface area contributed by atoms with Crippen LogP contribution in [0.1, 0.15) is 20.8 Å². The van der Waals surface area contributed by atoms with Crippen LogP contribution in [0.15, 0.2) is 24.3 Å². The third-order valence-corrected chi connectivity index (χ3v) is 3.00. The lowest BCUT2D eigenvalue weighted by Crippen LogP contribution is -2.31. The number of anilines is 1. The van der Waals surface area contributed by atoms with Crippen LogP contribution < -0.4 is 10.1 Å². The van der Waals surface area contributed by atoms with Crippen LogP contribution in [0.4, 0.5) is 14.9 Å². The Morgan fingerprint density at radius 3 is 2.46 bits per heavy atom. The van der Waals surface area contributed by atoms with Crippen LogP contribution in [0.25, 0.3) is 0 Å². The smallest absolute Gasteiger partial charge is 0.412 e. The van der Waals surface area contributed by atoms with Crippen molar-refractivity contribution >= 4 is 29.4 Å². The van der Waals surface area contributed by atoms with Gasteiger partial charge in [-0.3, -0.25) is 5.32 Å². The zero-order valence-electron chi connectivity index (χ0n) is 13.8. The number of benzene rings is 1. The Kier molecular flexibility index (Phi) is 7.03. The molecule has 0 saturated carbocycles. The zero-order valence-corrected chi connectivity index (χ0v) is 14.6. The van der Waals surface area contributed by atoms with Gasteiger partial charge in [0.25, 0.3) is 0 Å². The second-order valence-electron chi connectivity index (χ2n) is 5.21. The van der Waals surface area contributed by atoms with E-state index in [0.29, 0.717) is 0 Å². The summed E-state index contributed by atoms with van der Waals surface area (Å²) in [4.78, 5) is 23.4. The minimum Gasteiger partial charge on any atom is -0.489 e. The molecule has 0 aliphatic heterocycles. The molecule has 0 radical (unpaired) electrons. The standard InChI is InChI=1S/C16H19ClFNO5/c1-8(2)14(15(20)22-5)24-16(21)19-12-7-13(23-9(3)4)10(17)6-11(12)18/h6-7,9,14H,1H2,2-5H3,(H,19,21). The normalized spacial score (nSPS) is 11.6. The molecular formula is C16H19ClFNO5. The largest absolute Gasteiger partial charge is 0.489 e. The number of halogens is 2. The van der Waals surface area contributed by atoms with Crippen molar-refractivity contribution in [2.45, 2.75) is 33.0 Å². The van der Waals surface area contributed by atoms with Crippen LogP contribution in [0, 0.1) is 5.82 Å². The number of hydrogen-bond acceptors (Lipinski definition) is 5. The number of carbonyl (C=O) groups excluding carboxylic acids is 2. The summed E-state index contributed by atoms with van der Waals surface area (Å²) in [6, 6.07) is 2.23. The number of methoxy groups -OCH3 is 1. The average molecular weight is 360 g/mol. The highest BCUT2D eigenvalue weighted by molar-refractivity contribution is 6.32. The second kappa shape index (κ2) is 8.54. The monoisotopic (exact) mass is 359 g/mol. The Hall–Kier alpha value is -2.28. The molecule has 0 aliphatic carbocycles. The highest BCUT2D eigenvalue weighted by Gasteiger charge is 2.25. The van der Waals surface area contributed by atoms with E-state index in [4.69, 9.17) is 21.1 Å². The molecule has 24 heavy (non-hydrogen) atoms. The summed E-state index contributed by atoms with van der Waals surface area (Å²) in [6.07, 6.45) is -2.54. The van der Waals surface area contributed by atoms with E-state index in [0.717, 1.165) is 13.2 Å². The third kappa shape index (κ3) is 5.42. The van der Waals surface area contributed by atoms with E-state index in [1.807, 2.05) is 0 Å². The van der Waals surface area contributed by atoms with Gasteiger partial charge in [-0.15, -0.1) is 0 Å². The molecule has 1 aromatic rings. The molecule has 0 saturated heterocycles. The molecule has 1 amide bonds. The van der Waals surface area contributed by atoms with Crippen molar-refractivity contribution in [1.82, 2.24) is 0 Å².